The van der Waals surface area contributed by atoms with E-state index in [-0.39, 0.29) is 24.5 Å². The fourth-order valence-corrected chi connectivity index (χ4v) is 4.74. The van der Waals surface area contributed by atoms with E-state index >= 15 is 0 Å². The van der Waals surface area contributed by atoms with Crippen LogP contribution in [0.25, 0.3) is 10.9 Å². The Hall–Kier alpha value is -2.97. The maximum atomic E-state index is 14.7. The first-order valence-corrected chi connectivity index (χ1v) is 12.7. The zero-order chi connectivity index (χ0) is 26.3. The lowest BCUT2D eigenvalue weighted by Gasteiger charge is -2.31. The molecule has 0 bridgehead atoms. The Morgan fingerprint density at radius 1 is 1.06 bits per heavy atom. The van der Waals surface area contributed by atoms with Gasteiger partial charge in [0.05, 0.1) is 16.9 Å². The van der Waals surface area contributed by atoms with Crippen LogP contribution in [0.3, 0.4) is 0 Å². The van der Waals surface area contributed by atoms with E-state index in [1.165, 1.54) is 28.6 Å². The van der Waals surface area contributed by atoms with Crippen molar-refractivity contribution < 1.29 is 13.6 Å². The van der Waals surface area contributed by atoms with Crippen LogP contribution in [0.15, 0.2) is 30.3 Å². The maximum Gasteiger partial charge on any atom is 0.241 e. The molecular formula is C27H36BF2N5O. The second-order valence-electron chi connectivity index (χ2n) is 11.1. The summed E-state index contributed by atoms with van der Waals surface area (Å²) in [7, 11) is 1.46. The van der Waals surface area contributed by atoms with Gasteiger partial charge in [0, 0.05) is 28.9 Å². The molecule has 192 valence electrons. The van der Waals surface area contributed by atoms with Gasteiger partial charge in [0.15, 0.2) is 7.85 Å². The summed E-state index contributed by atoms with van der Waals surface area (Å²) >= 11 is 0. The summed E-state index contributed by atoms with van der Waals surface area (Å²) in [6, 6.07) is 9.84. The lowest BCUT2D eigenvalue weighted by Crippen LogP contribution is -2.41. The molecule has 0 radical (unpaired) electrons. The van der Waals surface area contributed by atoms with Gasteiger partial charge in [-0.05, 0) is 84.6 Å². The molecule has 36 heavy (non-hydrogen) atoms. The number of fused-ring (bicyclic) bond motifs is 1. The number of aromatic nitrogens is 3. The van der Waals surface area contributed by atoms with Crippen molar-refractivity contribution in [3.05, 3.63) is 53.0 Å². The van der Waals surface area contributed by atoms with Crippen molar-refractivity contribution in [3.63, 3.8) is 0 Å². The standard InChI is InChI=1S/C27H36BF2N5O/c1-16-6-11-21-20(12-16)22(14-23(33-21)26(3,4)29)31-18-7-9-19(10-8-18)32-25(36)15-35-17(2)13-24(34-35)27(5,28)30/h6,11-14,18-19H,7-10,15,28H2,1-5H3,(H,31,33)(H,32,36). The zero-order valence-corrected chi connectivity index (χ0v) is 22.1. The summed E-state index contributed by atoms with van der Waals surface area (Å²) in [5, 5.41) is 12.0. The van der Waals surface area contributed by atoms with Crippen LogP contribution in [-0.4, -0.2) is 40.6 Å². The summed E-state index contributed by atoms with van der Waals surface area (Å²) in [5.41, 5.74) is 1.23. The number of nitrogens with one attached hydrogen (secondary N) is 2. The number of halogens is 2. The van der Waals surface area contributed by atoms with Gasteiger partial charge in [-0.3, -0.25) is 9.48 Å². The van der Waals surface area contributed by atoms with Crippen molar-refractivity contribution in [2.75, 3.05) is 5.32 Å². The highest BCUT2D eigenvalue weighted by Gasteiger charge is 2.27. The summed E-state index contributed by atoms with van der Waals surface area (Å²) < 4.78 is 30.5. The lowest BCUT2D eigenvalue weighted by molar-refractivity contribution is -0.122. The third-order valence-corrected chi connectivity index (χ3v) is 6.91. The first kappa shape index (κ1) is 26.1. The molecular weight excluding hydrogens is 459 g/mol. The van der Waals surface area contributed by atoms with Crippen LogP contribution in [0.1, 0.15) is 69.1 Å². The second-order valence-corrected chi connectivity index (χ2v) is 11.1. The van der Waals surface area contributed by atoms with Gasteiger partial charge in [-0.15, -0.1) is 0 Å². The number of carbonyl (C=O) groups is 1. The number of rotatable bonds is 7. The lowest BCUT2D eigenvalue weighted by atomic mass is 9.83. The second kappa shape index (κ2) is 9.83. The molecule has 1 aromatic carbocycles. The van der Waals surface area contributed by atoms with Crippen LogP contribution in [0, 0.1) is 13.8 Å². The molecule has 1 amide bonds. The van der Waals surface area contributed by atoms with Gasteiger partial charge in [0.1, 0.15) is 17.8 Å². The van der Waals surface area contributed by atoms with Crippen molar-refractivity contribution in [1.29, 1.82) is 0 Å². The average Bonchev–Trinajstić information content (AvgIpc) is 3.15. The maximum absolute atomic E-state index is 14.7. The van der Waals surface area contributed by atoms with E-state index in [9.17, 15) is 13.6 Å². The molecule has 9 heteroatoms. The van der Waals surface area contributed by atoms with Gasteiger partial charge in [-0.1, -0.05) is 11.6 Å². The molecule has 4 rings (SSSR count). The number of anilines is 1. The molecule has 2 heterocycles. The van der Waals surface area contributed by atoms with Gasteiger partial charge in [-0.25, -0.2) is 13.8 Å². The fraction of sp³-hybridized carbons (Fsp3) is 0.519. The van der Waals surface area contributed by atoms with E-state index in [1.54, 1.807) is 10.7 Å². The first-order valence-electron chi connectivity index (χ1n) is 12.7. The molecule has 2 aromatic heterocycles. The summed E-state index contributed by atoms with van der Waals surface area (Å²) in [6.07, 6.45) is 3.45. The van der Waals surface area contributed by atoms with Crippen LogP contribution < -0.4 is 10.6 Å². The number of hydrogen-bond donors (Lipinski definition) is 2. The molecule has 1 atom stereocenters. The first-order chi connectivity index (χ1) is 16.8. The van der Waals surface area contributed by atoms with Gasteiger partial charge in [0.25, 0.3) is 0 Å². The zero-order valence-electron chi connectivity index (χ0n) is 22.1. The van der Waals surface area contributed by atoms with Crippen molar-refractivity contribution in [1.82, 2.24) is 20.1 Å². The molecule has 6 nitrogen and oxygen atoms in total. The predicted octanol–water partition coefficient (Wildman–Crippen LogP) is 4.57. The predicted molar refractivity (Wildman–Crippen MR) is 142 cm³/mol. The number of aryl methyl sites for hydroxylation is 2. The molecule has 2 N–H and O–H groups in total. The summed E-state index contributed by atoms with van der Waals surface area (Å²) in [4.78, 5) is 17.2. The number of carbonyl (C=O) groups excluding carboxylic acids is 1. The molecule has 1 fully saturated rings. The Morgan fingerprint density at radius 3 is 2.33 bits per heavy atom. The number of pyridine rings is 1. The Labute approximate surface area is 212 Å². The SMILES string of the molecule is BC(C)(F)c1cc(C)n(CC(=O)NC2CCC(Nc3cc(C(C)(C)F)nc4ccc(C)cc34)CC2)n1. The van der Waals surface area contributed by atoms with Gasteiger partial charge < -0.3 is 10.6 Å². The van der Waals surface area contributed by atoms with Crippen molar-refractivity contribution in [3.8, 4) is 0 Å². The third kappa shape index (κ3) is 6.05. The molecule has 0 spiro atoms. The normalized spacial score (nSPS) is 20.2. The highest BCUT2D eigenvalue weighted by molar-refractivity contribution is 6.14. The Kier molecular flexibility index (Phi) is 7.13. The van der Waals surface area contributed by atoms with Crippen molar-refractivity contribution >= 4 is 30.3 Å². The van der Waals surface area contributed by atoms with Crippen LogP contribution >= 0.6 is 0 Å². The quantitative estimate of drug-likeness (QED) is 0.472. The molecule has 1 unspecified atom stereocenters. The van der Waals surface area contributed by atoms with Gasteiger partial charge >= 0.3 is 0 Å². The highest BCUT2D eigenvalue weighted by Crippen LogP contribution is 2.33. The third-order valence-electron chi connectivity index (χ3n) is 6.91. The minimum absolute atomic E-state index is 0.0737. The number of benzene rings is 1. The molecule has 0 saturated heterocycles. The molecule has 0 aliphatic heterocycles. The number of nitrogens with zero attached hydrogens (tertiary/aromatic N) is 3. The number of amides is 1. The van der Waals surface area contributed by atoms with E-state index in [2.05, 4.69) is 26.8 Å². The van der Waals surface area contributed by atoms with E-state index in [0.29, 0.717) is 11.4 Å². The summed E-state index contributed by atoms with van der Waals surface area (Å²) in [5.74, 6) is -0.119. The fourth-order valence-electron chi connectivity index (χ4n) is 4.74. The van der Waals surface area contributed by atoms with E-state index < -0.39 is 11.2 Å². The Morgan fingerprint density at radius 2 is 1.72 bits per heavy atom. The molecule has 3 aromatic rings. The topological polar surface area (TPSA) is 71.8 Å². The minimum Gasteiger partial charge on any atom is -0.382 e. The van der Waals surface area contributed by atoms with Gasteiger partial charge in [0.2, 0.25) is 5.91 Å². The van der Waals surface area contributed by atoms with Crippen LogP contribution in [-0.2, 0) is 22.6 Å². The van der Waals surface area contributed by atoms with E-state index in [0.717, 1.165) is 53.5 Å². The Balaban J connectivity index is 1.38. The monoisotopic (exact) mass is 495 g/mol. The molecule has 1 aliphatic carbocycles. The average molecular weight is 495 g/mol. The van der Waals surface area contributed by atoms with E-state index in [1.807, 2.05) is 32.0 Å². The van der Waals surface area contributed by atoms with Crippen LogP contribution in [0.4, 0.5) is 14.5 Å². The molecule has 1 aliphatic rings. The van der Waals surface area contributed by atoms with Crippen molar-refractivity contribution in [2.24, 2.45) is 0 Å². The Bertz CT molecular complexity index is 1250. The minimum atomic E-state index is -1.54. The van der Waals surface area contributed by atoms with Crippen LogP contribution in [0.5, 0.6) is 0 Å². The number of alkyl halides is 2. The highest BCUT2D eigenvalue weighted by atomic mass is 19.1. The van der Waals surface area contributed by atoms with Crippen LogP contribution in [0.2, 0.25) is 0 Å². The van der Waals surface area contributed by atoms with Gasteiger partial charge in [-0.2, -0.15) is 5.10 Å². The smallest absolute Gasteiger partial charge is 0.241 e. The summed E-state index contributed by atoms with van der Waals surface area (Å²) in [6.45, 7) is 8.44. The molecule has 1 saturated carbocycles. The van der Waals surface area contributed by atoms with Crippen molar-refractivity contribution in [2.45, 2.75) is 90.2 Å². The largest absolute Gasteiger partial charge is 0.382 e. The number of hydrogen-bond acceptors (Lipinski definition) is 4. The van der Waals surface area contributed by atoms with E-state index in [4.69, 9.17) is 0 Å².